The molecular weight excluding hydrogens is 350 g/mol. The van der Waals surface area contributed by atoms with Crippen LogP contribution in [0.1, 0.15) is 42.1 Å². The van der Waals surface area contributed by atoms with E-state index in [1.807, 2.05) is 30.3 Å². The number of hydrogen-bond donors (Lipinski definition) is 1. The van der Waals surface area contributed by atoms with Crippen LogP contribution in [-0.2, 0) is 0 Å². The molecule has 2 aromatic carbocycles. The highest BCUT2D eigenvalue weighted by atomic mass is 16.1. The molecule has 28 heavy (non-hydrogen) atoms. The molecule has 1 N–H and O–H groups in total. The van der Waals surface area contributed by atoms with E-state index in [9.17, 15) is 9.59 Å². The number of benzene rings is 2. The number of carbonyl (C=O) groups is 1. The summed E-state index contributed by atoms with van der Waals surface area (Å²) in [4.78, 5) is 29.8. The first-order valence-corrected chi connectivity index (χ1v) is 9.39. The van der Waals surface area contributed by atoms with Crippen LogP contribution in [0.2, 0.25) is 0 Å². The number of hydrogen-bond acceptors (Lipinski definition) is 3. The summed E-state index contributed by atoms with van der Waals surface area (Å²) in [5, 5.41) is 3.34. The number of aromatic nitrogens is 2. The van der Waals surface area contributed by atoms with Crippen molar-refractivity contribution in [1.29, 1.82) is 0 Å². The van der Waals surface area contributed by atoms with Gasteiger partial charge in [-0.25, -0.2) is 4.98 Å². The van der Waals surface area contributed by atoms with Gasteiger partial charge in [0.15, 0.2) is 0 Å². The lowest BCUT2D eigenvalue weighted by Gasteiger charge is -2.10. The van der Waals surface area contributed by atoms with Crippen LogP contribution in [0.15, 0.2) is 71.7 Å². The Kier molecular flexibility index (Phi) is 4.65. The second-order valence-corrected chi connectivity index (χ2v) is 6.96. The fraction of sp³-hybridized carbons (Fsp3) is 0.174. The minimum absolute atomic E-state index is 0.158. The van der Waals surface area contributed by atoms with Crippen LogP contribution in [0, 0.1) is 0 Å². The van der Waals surface area contributed by atoms with Crippen LogP contribution in [0.25, 0.3) is 16.6 Å². The Balaban J connectivity index is 1.64. The SMILES string of the molecule is CCC(C)c1ccc(C(=O)Nc2ccc3nc4ccccn4c(=O)c3c2)cc1. The summed E-state index contributed by atoms with van der Waals surface area (Å²) in [5.41, 5.74) is 3.41. The highest BCUT2D eigenvalue weighted by Gasteiger charge is 2.10. The van der Waals surface area contributed by atoms with Gasteiger partial charge >= 0.3 is 0 Å². The van der Waals surface area contributed by atoms with Crippen molar-refractivity contribution in [3.8, 4) is 0 Å². The molecule has 0 saturated carbocycles. The van der Waals surface area contributed by atoms with Crippen LogP contribution in [-0.4, -0.2) is 15.3 Å². The van der Waals surface area contributed by atoms with E-state index in [0.29, 0.717) is 33.7 Å². The summed E-state index contributed by atoms with van der Waals surface area (Å²) in [6.45, 7) is 4.31. The van der Waals surface area contributed by atoms with Crippen molar-refractivity contribution in [2.45, 2.75) is 26.2 Å². The largest absolute Gasteiger partial charge is 0.322 e. The maximum Gasteiger partial charge on any atom is 0.265 e. The predicted octanol–water partition coefficient (Wildman–Crippen LogP) is 4.61. The molecule has 4 rings (SSSR count). The topological polar surface area (TPSA) is 63.5 Å². The maximum absolute atomic E-state index is 12.7. The number of pyridine rings is 1. The van der Waals surface area contributed by atoms with Gasteiger partial charge in [0.1, 0.15) is 5.65 Å². The van der Waals surface area contributed by atoms with Gasteiger partial charge in [0, 0.05) is 17.4 Å². The van der Waals surface area contributed by atoms with E-state index >= 15 is 0 Å². The van der Waals surface area contributed by atoms with Gasteiger partial charge in [-0.2, -0.15) is 0 Å². The fourth-order valence-electron chi connectivity index (χ4n) is 3.23. The summed E-state index contributed by atoms with van der Waals surface area (Å²) < 4.78 is 1.50. The standard InChI is InChI=1S/C23H21N3O2/c1-3-15(2)16-7-9-17(10-8-16)22(27)24-18-11-12-20-19(14-18)23(28)26-13-5-4-6-21(26)25-20/h4-15H,3H2,1-2H3,(H,24,27). The van der Waals surface area contributed by atoms with E-state index in [-0.39, 0.29) is 11.5 Å². The molecule has 0 fully saturated rings. The van der Waals surface area contributed by atoms with Gasteiger partial charge in [-0.15, -0.1) is 0 Å². The predicted molar refractivity (Wildman–Crippen MR) is 112 cm³/mol. The third kappa shape index (κ3) is 3.27. The summed E-state index contributed by atoms with van der Waals surface area (Å²) in [6.07, 6.45) is 2.75. The zero-order valence-corrected chi connectivity index (χ0v) is 15.8. The van der Waals surface area contributed by atoms with Gasteiger partial charge in [-0.3, -0.25) is 14.0 Å². The molecule has 0 aliphatic heterocycles. The fourth-order valence-corrected chi connectivity index (χ4v) is 3.23. The smallest absolute Gasteiger partial charge is 0.265 e. The Morgan fingerprint density at radius 1 is 1.11 bits per heavy atom. The van der Waals surface area contributed by atoms with Crippen molar-refractivity contribution >= 4 is 28.1 Å². The minimum atomic E-state index is -0.205. The highest BCUT2D eigenvalue weighted by molar-refractivity contribution is 6.05. The first kappa shape index (κ1) is 17.9. The first-order valence-electron chi connectivity index (χ1n) is 9.39. The van der Waals surface area contributed by atoms with E-state index in [0.717, 1.165) is 6.42 Å². The van der Waals surface area contributed by atoms with Crippen molar-refractivity contribution < 1.29 is 4.79 Å². The quantitative estimate of drug-likeness (QED) is 0.533. The first-order chi connectivity index (χ1) is 13.6. The number of nitrogens with one attached hydrogen (secondary N) is 1. The third-order valence-corrected chi connectivity index (χ3v) is 5.13. The molecule has 0 saturated heterocycles. The van der Waals surface area contributed by atoms with E-state index in [1.54, 1.807) is 36.5 Å². The van der Waals surface area contributed by atoms with Gasteiger partial charge in [0.25, 0.3) is 11.5 Å². The summed E-state index contributed by atoms with van der Waals surface area (Å²) in [6, 6.07) is 18.3. The molecule has 5 nitrogen and oxygen atoms in total. The van der Waals surface area contributed by atoms with Gasteiger partial charge in [0.2, 0.25) is 0 Å². The molecule has 140 valence electrons. The summed E-state index contributed by atoms with van der Waals surface area (Å²) in [5.74, 6) is 0.261. The van der Waals surface area contributed by atoms with E-state index in [2.05, 4.69) is 24.1 Å². The molecule has 0 bridgehead atoms. The van der Waals surface area contributed by atoms with Crippen molar-refractivity contribution in [3.63, 3.8) is 0 Å². The van der Waals surface area contributed by atoms with Crippen LogP contribution in [0.3, 0.4) is 0 Å². The molecule has 4 aromatic rings. The highest BCUT2D eigenvalue weighted by Crippen LogP contribution is 2.20. The normalized spacial score (nSPS) is 12.2. The minimum Gasteiger partial charge on any atom is -0.322 e. The molecule has 1 amide bonds. The monoisotopic (exact) mass is 371 g/mol. The van der Waals surface area contributed by atoms with Crippen molar-refractivity contribution in [2.75, 3.05) is 5.32 Å². The maximum atomic E-state index is 12.7. The number of nitrogens with zero attached hydrogens (tertiary/aromatic N) is 2. The van der Waals surface area contributed by atoms with Crippen molar-refractivity contribution in [2.24, 2.45) is 0 Å². The number of carbonyl (C=O) groups excluding carboxylic acids is 1. The molecule has 0 aliphatic carbocycles. The Bertz CT molecular complexity index is 1230. The van der Waals surface area contributed by atoms with Crippen LogP contribution >= 0.6 is 0 Å². The Hall–Kier alpha value is -3.47. The number of fused-ring (bicyclic) bond motifs is 2. The van der Waals surface area contributed by atoms with E-state index in [4.69, 9.17) is 0 Å². The van der Waals surface area contributed by atoms with Crippen molar-refractivity contribution in [3.05, 3.63) is 88.3 Å². The number of amides is 1. The van der Waals surface area contributed by atoms with Crippen molar-refractivity contribution in [1.82, 2.24) is 9.38 Å². The van der Waals surface area contributed by atoms with Gasteiger partial charge in [-0.1, -0.05) is 32.0 Å². The molecule has 2 heterocycles. The number of anilines is 1. The molecule has 2 aromatic heterocycles. The molecular formula is C23H21N3O2. The van der Waals surface area contributed by atoms with Crippen LogP contribution in [0.5, 0.6) is 0 Å². The molecule has 1 atom stereocenters. The second-order valence-electron chi connectivity index (χ2n) is 6.96. The average Bonchev–Trinajstić information content (AvgIpc) is 2.74. The number of rotatable bonds is 4. The Morgan fingerprint density at radius 2 is 1.89 bits per heavy atom. The molecule has 0 radical (unpaired) electrons. The van der Waals surface area contributed by atoms with Gasteiger partial charge < -0.3 is 5.32 Å². The van der Waals surface area contributed by atoms with Gasteiger partial charge in [0.05, 0.1) is 10.9 Å². The molecule has 0 spiro atoms. The zero-order chi connectivity index (χ0) is 19.7. The second kappa shape index (κ2) is 7.27. The molecule has 5 heteroatoms. The lowest BCUT2D eigenvalue weighted by Crippen LogP contribution is -2.16. The zero-order valence-electron chi connectivity index (χ0n) is 15.8. The summed E-state index contributed by atoms with van der Waals surface area (Å²) in [7, 11) is 0. The Labute approximate surface area is 162 Å². The van der Waals surface area contributed by atoms with Gasteiger partial charge in [-0.05, 0) is 60.4 Å². The van der Waals surface area contributed by atoms with E-state index in [1.165, 1.54) is 9.96 Å². The molecule has 0 aliphatic rings. The summed E-state index contributed by atoms with van der Waals surface area (Å²) >= 11 is 0. The van der Waals surface area contributed by atoms with E-state index < -0.39 is 0 Å². The lowest BCUT2D eigenvalue weighted by molar-refractivity contribution is 0.102. The van der Waals surface area contributed by atoms with Crippen LogP contribution in [0.4, 0.5) is 5.69 Å². The average molecular weight is 371 g/mol. The third-order valence-electron chi connectivity index (χ3n) is 5.13. The Morgan fingerprint density at radius 3 is 2.64 bits per heavy atom. The molecule has 1 unspecified atom stereocenters. The van der Waals surface area contributed by atoms with Crippen LogP contribution < -0.4 is 10.9 Å². The lowest BCUT2D eigenvalue weighted by atomic mass is 9.97.